The van der Waals surface area contributed by atoms with Crippen molar-refractivity contribution in [3.05, 3.63) is 46.3 Å². The molecule has 0 aromatic carbocycles. The van der Waals surface area contributed by atoms with Gasteiger partial charge in [-0.3, -0.25) is 14.0 Å². The van der Waals surface area contributed by atoms with Crippen molar-refractivity contribution in [3.63, 3.8) is 0 Å². The van der Waals surface area contributed by atoms with Gasteiger partial charge in [0.1, 0.15) is 11.5 Å². The smallest absolute Gasteiger partial charge is 0.257 e. The molecular weight excluding hydrogens is 458 g/mol. The molecule has 3 rings (SSSR count). The molecule has 0 radical (unpaired) electrons. The van der Waals surface area contributed by atoms with Gasteiger partial charge in [0.2, 0.25) is 10.0 Å². The fourth-order valence-electron chi connectivity index (χ4n) is 3.04. The molecule has 0 fully saturated rings. The van der Waals surface area contributed by atoms with E-state index in [4.69, 9.17) is 0 Å². The number of rotatable bonds is 7. The minimum absolute atomic E-state index is 0.0726. The van der Waals surface area contributed by atoms with Crippen LogP contribution in [0.4, 0.5) is 0 Å². The Labute approximate surface area is 177 Å². The van der Waals surface area contributed by atoms with E-state index in [1.807, 2.05) is 36.7 Å². The summed E-state index contributed by atoms with van der Waals surface area (Å²) < 4.78 is 30.4. The zero-order valence-electron chi connectivity index (χ0n) is 16.4. The van der Waals surface area contributed by atoms with Gasteiger partial charge in [-0.15, -0.1) is 0 Å². The molecule has 0 atom stereocenters. The van der Waals surface area contributed by atoms with Crippen LogP contribution in [-0.4, -0.2) is 39.4 Å². The molecule has 1 amide bonds. The summed E-state index contributed by atoms with van der Waals surface area (Å²) in [6.45, 7) is 3.72. The maximum Gasteiger partial charge on any atom is 0.257 e. The standard InChI is InChI=1S/C19H22BrN5O3S/c1-4-5-10-29(27,28)23-17(26)7-6-16-13(2)22-24(3)19(16)25-9-8-14-11-15(20)12-21-18(14)25/h6-9,11-12H,4-5,10H2,1-3H3,(H,23,26). The Morgan fingerprint density at radius 3 is 2.86 bits per heavy atom. The van der Waals surface area contributed by atoms with E-state index in [0.717, 1.165) is 27.7 Å². The summed E-state index contributed by atoms with van der Waals surface area (Å²) in [5.41, 5.74) is 2.16. The molecule has 0 aliphatic heterocycles. The second-order valence-corrected chi connectivity index (χ2v) is 9.43. The quantitative estimate of drug-likeness (QED) is 0.524. The Hall–Kier alpha value is -2.46. The Morgan fingerprint density at radius 2 is 2.14 bits per heavy atom. The van der Waals surface area contributed by atoms with Crippen molar-refractivity contribution in [3.8, 4) is 5.82 Å². The van der Waals surface area contributed by atoms with Crippen LogP contribution in [0.1, 0.15) is 31.0 Å². The first-order valence-corrected chi connectivity index (χ1v) is 11.6. The highest BCUT2D eigenvalue weighted by Gasteiger charge is 2.17. The first kappa shape index (κ1) is 21.3. The van der Waals surface area contributed by atoms with Crippen LogP contribution < -0.4 is 4.72 Å². The fraction of sp³-hybridized carbons (Fsp3) is 0.316. The second-order valence-electron chi connectivity index (χ2n) is 6.67. The summed E-state index contributed by atoms with van der Waals surface area (Å²) in [4.78, 5) is 16.6. The van der Waals surface area contributed by atoms with Gasteiger partial charge in [-0.05, 0) is 47.5 Å². The molecule has 3 heterocycles. The molecule has 8 nitrogen and oxygen atoms in total. The third-order valence-corrected chi connectivity index (χ3v) is 6.15. The van der Waals surface area contributed by atoms with Gasteiger partial charge in [0, 0.05) is 40.9 Å². The number of hydrogen-bond acceptors (Lipinski definition) is 5. The van der Waals surface area contributed by atoms with Crippen molar-refractivity contribution in [2.24, 2.45) is 7.05 Å². The normalized spacial score (nSPS) is 12.1. The van der Waals surface area contributed by atoms with Crippen molar-refractivity contribution in [1.29, 1.82) is 0 Å². The van der Waals surface area contributed by atoms with Gasteiger partial charge in [0.15, 0.2) is 0 Å². The molecule has 0 spiro atoms. The number of sulfonamides is 1. The van der Waals surface area contributed by atoms with Crippen molar-refractivity contribution < 1.29 is 13.2 Å². The second kappa shape index (κ2) is 8.50. The maximum absolute atomic E-state index is 12.1. The van der Waals surface area contributed by atoms with Crippen LogP contribution in [0, 0.1) is 6.92 Å². The molecule has 10 heteroatoms. The maximum atomic E-state index is 12.1. The molecule has 154 valence electrons. The zero-order chi connectivity index (χ0) is 21.2. The van der Waals surface area contributed by atoms with Crippen LogP contribution in [0.2, 0.25) is 0 Å². The van der Waals surface area contributed by atoms with Crippen LogP contribution >= 0.6 is 15.9 Å². The zero-order valence-corrected chi connectivity index (χ0v) is 18.8. The summed E-state index contributed by atoms with van der Waals surface area (Å²) in [5, 5.41) is 5.39. The lowest BCUT2D eigenvalue weighted by molar-refractivity contribution is -0.114. The molecule has 0 bridgehead atoms. The largest absolute Gasteiger partial charge is 0.285 e. The van der Waals surface area contributed by atoms with Crippen LogP contribution in [-0.2, 0) is 21.9 Å². The van der Waals surface area contributed by atoms with Gasteiger partial charge in [0.25, 0.3) is 5.91 Å². The van der Waals surface area contributed by atoms with Crippen molar-refractivity contribution >= 4 is 49.0 Å². The molecule has 0 saturated heterocycles. The highest BCUT2D eigenvalue weighted by Crippen LogP contribution is 2.25. The van der Waals surface area contributed by atoms with Crippen LogP contribution in [0.25, 0.3) is 22.9 Å². The number of hydrogen-bond donors (Lipinski definition) is 1. The molecule has 1 N–H and O–H groups in total. The first-order chi connectivity index (χ1) is 13.7. The molecule has 29 heavy (non-hydrogen) atoms. The molecule has 0 aliphatic carbocycles. The molecule has 3 aromatic heterocycles. The average molecular weight is 480 g/mol. The van der Waals surface area contributed by atoms with E-state index in [9.17, 15) is 13.2 Å². The van der Waals surface area contributed by atoms with Crippen LogP contribution in [0.15, 0.2) is 35.1 Å². The SMILES string of the molecule is CCCCS(=O)(=O)NC(=O)C=Cc1c(C)nn(C)c1-n1ccc2cc(Br)cnc21. The van der Waals surface area contributed by atoms with E-state index in [2.05, 4.69) is 30.7 Å². The number of halogens is 1. The number of aromatic nitrogens is 4. The summed E-state index contributed by atoms with van der Waals surface area (Å²) in [7, 11) is -1.82. The molecule has 0 unspecified atom stereocenters. The Kier molecular flexibility index (Phi) is 6.23. The number of nitrogens with one attached hydrogen (secondary N) is 1. The fourth-order valence-corrected chi connectivity index (χ4v) is 4.54. The third kappa shape index (κ3) is 4.76. The Bertz CT molecular complexity index is 1190. The Morgan fingerprint density at radius 1 is 1.38 bits per heavy atom. The van der Waals surface area contributed by atoms with Crippen molar-refractivity contribution in [2.75, 3.05) is 5.75 Å². The lowest BCUT2D eigenvalue weighted by atomic mass is 10.2. The molecule has 0 saturated carbocycles. The Balaban J connectivity index is 1.93. The molecule has 3 aromatic rings. The van der Waals surface area contributed by atoms with Crippen LogP contribution in [0.3, 0.4) is 0 Å². The number of amides is 1. The van der Waals surface area contributed by atoms with E-state index >= 15 is 0 Å². The van der Waals surface area contributed by atoms with Gasteiger partial charge < -0.3 is 0 Å². The van der Waals surface area contributed by atoms with E-state index in [-0.39, 0.29) is 5.75 Å². The predicted molar refractivity (Wildman–Crippen MR) is 116 cm³/mol. The van der Waals surface area contributed by atoms with Gasteiger partial charge in [0.05, 0.1) is 11.4 Å². The number of pyridine rings is 1. The van der Waals surface area contributed by atoms with Gasteiger partial charge in [-0.2, -0.15) is 5.10 Å². The molecular formula is C19H22BrN5O3S. The number of aryl methyl sites for hydroxylation is 2. The highest BCUT2D eigenvalue weighted by molar-refractivity contribution is 9.10. The topological polar surface area (TPSA) is 98.9 Å². The van der Waals surface area contributed by atoms with E-state index in [0.29, 0.717) is 17.7 Å². The predicted octanol–water partition coefficient (Wildman–Crippen LogP) is 3.09. The number of unbranched alkanes of at least 4 members (excludes halogenated alkanes) is 1. The molecule has 0 aliphatic rings. The first-order valence-electron chi connectivity index (χ1n) is 9.11. The van der Waals surface area contributed by atoms with Gasteiger partial charge in [-0.1, -0.05) is 13.3 Å². The number of fused-ring (bicyclic) bond motifs is 1. The third-order valence-electron chi connectivity index (χ3n) is 4.38. The number of carbonyl (C=O) groups excluding carboxylic acids is 1. The monoisotopic (exact) mass is 479 g/mol. The lowest BCUT2D eigenvalue weighted by Gasteiger charge is -2.07. The number of carbonyl (C=O) groups is 1. The summed E-state index contributed by atoms with van der Waals surface area (Å²) >= 11 is 3.42. The van der Waals surface area contributed by atoms with E-state index < -0.39 is 15.9 Å². The van der Waals surface area contributed by atoms with Gasteiger partial charge in [-0.25, -0.2) is 18.1 Å². The summed E-state index contributed by atoms with van der Waals surface area (Å²) in [5.74, 6) is -0.0310. The van der Waals surface area contributed by atoms with E-state index in [1.54, 1.807) is 24.0 Å². The summed E-state index contributed by atoms with van der Waals surface area (Å²) in [6, 6.07) is 3.90. The minimum Gasteiger partial charge on any atom is -0.285 e. The number of nitrogens with zero attached hydrogens (tertiary/aromatic N) is 4. The van der Waals surface area contributed by atoms with Crippen LogP contribution in [0.5, 0.6) is 0 Å². The summed E-state index contributed by atoms with van der Waals surface area (Å²) in [6.07, 6.45) is 7.62. The minimum atomic E-state index is -3.63. The van der Waals surface area contributed by atoms with E-state index in [1.165, 1.54) is 6.08 Å². The lowest BCUT2D eigenvalue weighted by Crippen LogP contribution is -2.31. The van der Waals surface area contributed by atoms with Crippen molar-refractivity contribution in [1.82, 2.24) is 24.1 Å². The van der Waals surface area contributed by atoms with Crippen molar-refractivity contribution in [2.45, 2.75) is 26.7 Å². The highest BCUT2D eigenvalue weighted by atomic mass is 79.9. The average Bonchev–Trinajstić information content (AvgIpc) is 3.17. The van der Waals surface area contributed by atoms with Gasteiger partial charge >= 0.3 is 0 Å².